The lowest BCUT2D eigenvalue weighted by atomic mass is 9.75. The predicted octanol–water partition coefficient (Wildman–Crippen LogP) is 5.34. The van der Waals surface area contributed by atoms with Crippen molar-refractivity contribution in [2.45, 2.75) is 72.3 Å². The molecule has 0 aliphatic carbocycles. The van der Waals surface area contributed by atoms with Crippen molar-refractivity contribution in [2.24, 2.45) is 0 Å². The minimum Gasteiger partial charge on any atom is -0.508 e. The lowest BCUT2D eigenvalue weighted by Gasteiger charge is -2.30. The number of hydrogen-bond acceptors (Lipinski definition) is 3. The second kappa shape index (κ2) is 11.1. The summed E-state index contributed by atoms with van der Waals surface area (Å²) >= 11 is 0. The van der Waals surface area contributed by atoms with Crippen LogP contribution in [0.1, 0.15) is 65.2 Å². The first-order chi connectivity index (χ1) is 12.3. The highest BCUT2D eigenvalue weighted by Gasteiger charge is 2.27. The fourth-order valence-corrected chi connectivity index (χ4v) is 2.49. The molecule has 1 atom stereocenters. The van der Waals surface area contributed by atoms with Gasteiger partial charge in [-0.3, -0.25) is 0 Å². The predicted molar refractivity (Wildman–Crippen MR) is 115 cm³/mol. The molecule has 3 heteroatoms. The van der Waals surface area contributed by atoms with Gasteiger partial charge in [-0.2, -0.15) is 0 Å². The maximum absolute atomic E-state index is 9.99. The number of aliphatic hydroxyl groups is 2. The molecule has 2 rings (SSSR count). The summed E-state index contributed by atoms with van der Waals surface area (Å²) in [6.45, 7) is 16.4. The van der Waals surface area contributed by atoms with Gasteiger partial charge in [0.15, 0.2) is 0 Å². The standard InChI is InChI=1S/C14H22O.C7H8.C3H8O2/c1-13(2,3)10-8-7-9-11(15)12(10)14(4,5)6;1-7-5-3-2-4-6-7;1-3(5)2-4/h7-9,15H,1-6H3;2-6H,1H3;3-5H,2H2,1H3. The van der Waals surface area contributed by atoms with Crippen molar-refractivity contribution in [3.63, 3.8) is 0 Å². The Bertz CT molecular complexity index is 648. The largest absolute Gasteiger partial charge is 0.508 e. The van der Waals surface area contributed by atoms with Crippen molar-refractivity contribution in [3.05, 3.63) is 65.2 Å². The molecule has 0 saturated heterocycles. The average molecular weight is 375 g/mol. The highest BCUT2D eigenvalue weighted by molar-refractivity contribution is 5.46. The van der Waals surface area contributed by atoms with E-state index < -0.39 is 6.10 Å². The third-order valence-corrected chi connectivity index (χ3v) is 3.81. The van der Waals surface area contributed by atoms with Gasteiger partial charge in [-0.15, -0.1) is 0 Å². The van der Waals surface area contributed by atoms with Crippen LogP contribution in [-0.4, -0.2) is 28.0 Å². The van der Waals surface area contributed by atoms with Gasteiger partial charge in [-0.25, -0.2) is 0 Å². The Kier molecular flexibility index (Phi) is 10.3. The maximum atomic E-state index is 9.99. The Labute approximate surface area is 165 Å². The molecule has 0 aromatic heterocycles. The molecule has 0 heterocycles. The number of hydrogen-bond donors (Lipinski definition) is 3. The van der Waals surface area contributed by atoms with Crippen molar-refractivity contribution in [3.8, 4) is 5.75 Å². The molecule has 2 aromatic rings. The summed E-state index contributed by atoms with van der Waals surface area (Å²) in [5.74, 6) is 0.412. The van der Waals surface area contributed by atoms with Crippen LogP contribution in [0.3, 0.4) is 0 Å². The zero-order chi connectivity index (χ0) is 21.3. The van der Waals surface area contributed by atoms with Crippen LogP contribution >= 0.6 is 0 Å². The van der Waals surface area contributed by atoms with Gasteiger partial charge in [0.25, 0.3) is 0 Å². The monoisotopic (exact) mass is 374 g/mol. The second-order valence-electron chi connectivity index (χ2n) is 8.89. The third kappa shape index (κ3) is 10.2. The molecule has 0 amide bonds. The van der Waals surface area contributed by atoms with Gasteiger partial charge in [0.1, 0.15) is 5.75 Å². The molecule has 0 aliphatic rings. The van der Waals surface area contributed by atoms with Crippen molar-refractivity contribution in [1.82, 2.24) is 0 Å². The van der Waals surface area contributed by atoms with Crippen LogP contribution in [0.4, 0.5) is 0 Å². The van der Waals surface area contributed by atoms with Crippen LogP contribution in [0, 0.1) is 6.92 Å². The number of aromatic hydroxyl groups is 1. The third-order valence-electron chi connectivity index (χ3n) is 3.81. The number of phenolic OH excluding ortho intramolecular Hbond substituents is 1. The summed E-state index contributed by atoms with van der Waals surface area (Å²) in [4.78, 5) is 0. The molecule has 1 unspecified atom stereocenters. The molecule has 0 radical (unpaired) electrons. The Morgan fingerprint density at radius 3 is 1.56 bits per heavy atom. The highest BCUT2D eigenvalue weighted by Crippen LogP contribution is 2.38. The summed E-state index contributed by atoms with van der Waals surface area (Å²) in [5.41, 5.74) is 3.67. The van der Waals surface area contributed by atoms with E-state index in [2.05, 4.69) is 66.7 Å². The molecule has 3 N–H and O–H groups in total. The fraction of sp³-hybridized carbons (Fsp3) is 0.500. The normalized spacial score (nSPS) is 12.2. The van der Waals surface area contributed by atoms with E-state index in [9.17, 15) is 5.11 Å². The minimum absolute atomic E-state index is 0.0199. The van der Waals surface area contributed by atoms with Crippen molar-refractivity contribution in [2.75, 3.05) is 6.61 Å². The summed E-state index contributed by atoms with van der Waals surface area (Å²) in [7, 11) is 0. The van der Waals surface area contributed by atoms with E-state index in [1.807, 2.05) is 24.3 Å². The SMILES string of the molecule is CC(C)(C)c1cccc(O)c1C(C)(C)C.CC(O)CO.Cc1ccccc1. The number of phenols is 1. The van der Waals surface area contributed by atoms with Gasteiger partial charge >= 0.3 is 0 Å². The summed E-state index contributed by atoms with van der Waals surface area (Å²) in [6, 6.07) is 16.1. The van der Waals surface area contributed by atoms with Gasteiger partial charge in [0.2, 0.25) is 0 Å². The van der Waals surface area contributed by atoms with E-state index >= 15 is 0 Å². The zero-order valence-corrected chi connectivity index (χ0v) is 18.2. The molecule has 3 nitrogen and oxygen atoms in total. The molecular weight excluding hydrogens is 336 g/mol. The molecule has 0 saturated carbocycles. The minimum atomic E-state index is -0.560. The van der Waals surface area contributed by atoms with E-state index in [1.165, 1.54) is 18.1 Å². The maximum Gasteiger partial charge on any atom is 0.119 e. The molecule has 0 bridgehead atoms. The molecule has 152 valence electrons. The molecule has 0 spiro atoms. The number of aryl methyl sites for hydroxylation is 1. The Balaban J connectivity index is 0.000000463. The first kappa shape index (κ1) is 25.2. The highest BCUT2D eigenvalue weighted by atomic mass is 16.3. The number of aliphatic hydroxyl groups excluding tert-OH is 2. The first-order valence-corrected chi connectivity index (χ1v) is 9.44. The lowest BCUT2D eigenvalue weighted by Crippen LogP contribution is -2.21. The summed E-state index contributed by atoms with van der Waals surface area (Å²) in [6.07, 6.45) is -0.560. The Morgan fingerprint density at radius 1 is 0.815 bits per heavy atom. The van der Waals surface area contributed by atoms with Gasteiger partial charge < -0.3 is 15.3 Å². The lowest BCUT2D eigenvalue weighted by molar-refractivity contribution is 0.110. The van der Waals surface area contributed by atoms with E-state index in [0.29, 0.717) is 5.75 Å². The topological polar surface area (TPSA) is 60.7 Å². The molecule has 27 heavy (non-hydrogen) atoms. The van der Waals surface area contributed by atoms with E-state index in [1.54, 1.807) is 6.07 Å². The number of rotatable bonds is 1. The van der Waals surface area contributed by atoms with Crippen LogP contribution in [0.5, 0.6) is 5.75 Å². The summed E-state index contributed by atoms with van der Waals surface area (Å²) < 4.78 is 0. The average Bonchev–Trinajstić information content (AvgIpc) is 2.54. The quantitative estimate of drug-likeness (QED) is 0.631. The van der Waals surface area contributed by atoms with E-state index in [4.69, 9.17) is 10.2 Å². The van der Waals surface area contributed by atoms with Crippen LogP contribution in [0.15, 0.2) is 48.5 Å². The molecular formula is C24H38O3. The fourth-order valence-electron chi connectivity index (χ4n) is 2.49. The number of benzene rings is 2. The van der Waals surface area contributed by atoms with Crippen LogP contribution in [0.2, 0.25) is 0 Å². The second-order valence-corrected chi connectivity index (χ2v) is 8.89. The smallest absolute Gasteiger partial charge is 0.119 e. The van der Waals surface area contributed by atoms with E-state index in [0.717, 1.165) is 5.56 Å². The van der Waals surface area contributed by atoms with Gasteiger partial charge in [-0.1, -0.05) is 89.6 Å². The van der Waals surface area contributed by atoms with Crippen molar-refractivity contribution >= 4 is 0 Å². The van der Waals surface area contributed by atoms with Crippen LogP contribution in [0.25, 0.3) is 0 Å². The first-order valence-electron chi connectivity index (χ1n) is 9.44. The summed E-state index contributed by atoms with van der Waals surface area (Å²) in [5, 5.41) is 26.0. The zero-order valence-electron chi connectivity index (χ0n) is 18.2. The van der Waals surface area contributed by atoms with Gasteiger partial charge in [-0.05, 0) is 36.3 Å². The Morgan fingerprint density at radius 2 is 1.30 bits per heavy atom. The van der Waals surface area contributed by atoms with Crippen molar-refractivity contribution in [1.29, 1.82) is 0 Å². The Hall–Kier alpha value is -1.84. The molecule has 0 aliphatic heterocycles. The van der Waals surface area contributed by atoms with E-state index in [-0.39, 0.29) is 17.4 Å². The van der Waals surface area contributed by atoms with Gasteiger partial charge in [0, 0.05) is 5.56 Å². The van der Waals surface area contributed by atoms with Crippen molar-refractivity contribution < 1.29 is 15.3 Å². The molecule has 0 fully saturated rings. The van der Waals surface area contributed by atoms with Crippen LogP contribution < -0.4 is 0 Å². The molecule has 2 aromatic carbocycles. The van der Waals surface area contributed by atoms with Crippen LogP contribution in [-0.2, 0) is 10.8 Å². The van der Waals surface area contributed by atoms with Gasteiger partial charge in [0.05, 0.1) is 12.7 Å².